The fourth-order valence-electron chi connectivity index (χ4n) is 2.62. The van der Waals surface area contributed by atoms with Crippen LogP contribution in [0.25, 0.3) is 0 Å². The third kappa shape index (κ3) is 2.51. The van der Waals surface area contributed by atoms with Gasteiger partial charge < -0.3 is 5.11 Å². The molecule has 0 amide bonds. The number of rotatable bonds is 3. The number of hydrogen-bond donors (Lipinski definition) is 1. The summed E-state index contributed by atoms with van der Waals surface area (Å²) < 4.78 is 1.09. The van der Waals surface area contributed by atoms with Crippen molar-refractivity contribution in [3.8, 4) is 0 Å². The van der Waals surface area contributed by atoms with Gasteiger partial charge in [-0.15, -0.1) is 11.3 Å². The van der Waals surface area contributed by atoms with E-state index in [0.717, 1.165) is 14.9 Å². The molecule has 1 nitrogen and oxygen atoms in total. The topological polar surface area (TPSA) is 20.2 Å². The Morgan fingerprint density at radius 1 is 1.32 bits per heavy atom. The van der Waals surface area contributed by atoms with Gasteiger partial charge in [-0.25, -0.2) is 0 Å². The zero-order valence-electron chi connectivity index (χ0n) is 10.9. The number of hydrogen-bond acceptors (Lipinski definition) is 2. The lowest BCUT2D eigenvalue weighted by Gasteiger charge is -2.29. The van der Waals surface area contributed by atoms with Crippen LogP contribution >= 0.6 is 27.3 Å². The molecular formula is C16H17BrOS. The zero-order valence-corrected chi connectivity index (χ0v) is 13.3. The lowest BCUT2D eigenvalue weighted by molar-refractivity contribution is 0.221. The van der Waals surface area contributed by atoms with Crippen molar-refractivity contribution >= 4 is 27.3 Å². The van der Waals surface area contributed by atoms with Crippen molar-refractivity contribution < 1.29 is 5.11 Å². The molecule has 3 rings (SSSR count). The normalized spacial score (nSPS) is 17.2. The highest BCUT2D eigenvalue weighted by molar-refractivity contribution is 9.10. The van der Waals surface area contributed by atoms with Gasteiger partial charge in [-0.1, -0.05) is 30.7 Å². The van der Waals surface area contributed by atoms with E-state index in [2.05, 4.69) is 41.1 Å². The number of aliphatic hydroxyl groups is 1. The number of halogens is 1. The summed E-state index contributed by atoms with van der Waals surface area (Å²) in [5, 5.41) is 10.7. The molecule has 1 saturated carbocycles. The van der Waals surface area contributed by atoms with Gasteiger partial charge in [0.1, 0.15) is 6.10 Å². The van der Waals surface area contributed by atoms with Crippen molar-refractivity contribution in [2.45, 2.75) is 38.2 Å². The van der Waals surface area contributed by atoms with E-state index in [9.17, 15) is 5.11 Å². The van der Waals surface area contributed by atoms with Crippen LogP contribution in [0.5, 0.6) is 0 Å². The summed E-state index contributed by atoms with van der Waals surface area (Å²) in [7, 11) is 0. The van der Waals surface area contributed by atoms with E-state index in [0.29, 0.717) is 5.92 Å². The molecule has 1 atom stereocenters. The minimum atomic E-state index is -0.494. The van der Waals surface area contributed by atoms with Gasteiger partial charge in [0.2, 0.25) is 0 Å². The van der Waals surface area contributed by atoms with Crippen molar-refractivity contribution in [3.05, 3.63) is 55.7 Å². The van der Waals surface area contributed by atoms with Crippen LogP contribution in [0.2, 0.25) is 0 Å². The molecular weight excluding hydrogens is 320 g/mol. The second kappa shape index (κ2) is 5.39. The number of aryl methyl sites for hydroxylation is 1. The van der Waals surface area contributed by atoms with Gasteiger partial charge in [0, 0.05) is 14.2 Å². The maximum atomic E-state index is 10.7. The van der Waals surface area contributed by atoms with E-state index in [1.165, 1.54) is 29.7 Å². The van der Waals surface area contributed by atoms with E-state index in [1.54, 1.807) is 11.3 Å². The molecule has 3 heteroatoms. The van der Waals surface area contributed by atoms with Gasteiger partial charge in [-0.3, -0.25) is 0 Å². The molecule has 0 spiro atoms. The predicted octanol–water partition coefficient (Wildman–Crippen LogP) is 5.17. The molecule has 2 aromatic rings. The van der Waals surface area contributed by atoms with Crippen LogP contribution in [0.4, 0.5) is 0 Å². The number of aliphatic hydroxyl groups excluding tert-OH is 1. The largest absolute Gasteiger partial charge is 0.383 e. The van der Waals surface area contributed by atoms with Crippen LogP contribution in [0, 0.1) is 6.92 Å². The van der Waals surface area contributed by atoms with Crippen molar-refractivity contribution in [1.82, 2.24) is 0 Å². The molecule has 1 aliphatic carbocycles. The smallest absolute Gasteiger partial charge is 0.114 e. The summed E-state index contributed by atoms with van der Waals surface area (Å²) in [6.07, 6.45) is 3.35. The molecule has 1 fully saturated rings. The summed E-state index contributed by atoms with van der Waals surface area (Å²) in [6, 6.07) is 10.4. The second-order valence-electron chi connectivity index (χ2n) is 5.21. The maximum Gasteiger partial charge on any atom is 0.114 e. The van der Waals surface area contributed by atoms with Gasteiger partial charge in [-0.2, -0.15) is 0 Å². The van der Waals surface area contributed by atoms with Gasteiger partial charge in [0.25, 0.3) is 0 Å². The Labute approximate surface area is 126 Å². The third-order valence-electron chi connectivity index (χ3n) is 3.98. The summed E-state index contributed by atoms with van der Waals surface area (Å²) in [6.45, 7) is 2.07. The van der Waals surface area contributed by atoms with Gasteiger partial charge >= 0.3 is 0 Å². The lowest BCUT2D eigenvalue weighted by atomic mass is 9.77. The summed E-state index contributed by atoms with van der Waals surface area (Å²) in [4.78, 5) is 2.24. The maximum absolute atomic E-state index is 10.7. The summed E-state index contributed by atoms with van der Waals surface area (Å²) in [5.41, 5.74) is 2.42. The molecule has 1 aromatic heterocycles. The Kier molecular flexibility index (Phi) is 3.79. The Bertz CT molecular complexity index is 567. The molecule has 1 unspecified atom stereocenters. The first-order valence-electron chi connectivity index (χ1n) is 6.69. The van der Waals surface area contributed by atoms with E-state index in [-0.39, 0.29) is 0 Å². The Morgan fingerprint density at radius 3 is 2.63 bits per heavy atom. The highest BCUT2D eigenvalue weighted by Gasteiger charge is 2.25. The van der Waals surface area contributed by atoms with Crippen LogP contribution in [-0.2, 0) is 0 Å². The van der Waals surface area contributed by atoms with Crippen LogP contribution in [-0.4, -0.2) is 5.11 Å². The standard InChI is InChI=1S/C16H17BrOS/c1-10-14(17)9-15(19-10)16(18)13-8-3-2-7-12(13)11-5-4-6-11/h2-3,7-9,11,16,18H,4-6H2,1H3. The summed E-state index contributed by atoms with van der Waals surface area (Å²) in [5.74, 6) is 0.648. The SMILES string of the molecule is Cc1sc(C(O)c2ccccc2C2CCC2)cc1Br. The fourth-order valence-corrected chi connectivity index (χ4v) is 4.19. The van der Waals surface area contributed by atoms with Gasteiger partial charge in [0.15, 0.2) is 0 Å². The summed E-state index contributed by atoms with van der Waals surface area (Å²) >= 11 is 5.19. The van der Waals surface area contributed by atoms with E-state index < -0.39 is 6.10 Å². The van der Waals surface area contributed by atoms with Crippen molar-refractivity contribution in [1.29, 1.82) is 0 Å². The Balaban J connectivity index is 1.96. The zero-order chi connectivity index (χ0) is 13.4. The second-order valence-corrected chi connectivity index (χ2v) is 7.35. The molecule has 0 saturated heterocycles. The fraction of sp³-hybridized carbons (Fsp3) is 0.375. The van der Waals surface area contributed by atoms with Crippen molar-refractivity contribution in [2.24, 2.45) is 0 Å². The number of benzene rings is 1. The minimum absolute atomic E-state index is 0.494. The van der Waals surface area contributed by atoms with Crippen molar-refractivity contribution in [3.63, 3.8) is 0 Å². The first-order chi connectivity index (χ1) is 9.16. The Hall–Kier alpha value is -0.640. The molecule has 0 aliphatic heterocycles. The minimum Gasteiger partial charge on any atom is -0.383 e. The number of thiophene rings is 1. The molecule has 1 N–H and O–H groups in total. The van der Waals surface area contributed by atoms with Crippen LogP contribution in [0.1, 0.15) is 52.2 Å². The highest BCUT2D eigenvalue weighted by Crippen LogP contribution is 2.42. The molecule has 0 bridgehead atoms. The first-order valence-corrected chi connectivity index (χ1v) is 8.30. The molecule has 19 heavy (non-hydrogen) atoms. The van der Waals surface area contributed by atoms with Gasteiger partial charge in [-0.05, 0) is 58.8 Å². The first kappa shape index (κ1) is 13.3. The Morgan fingerprint density at radius 2 is 2.05 bits per heavy atom. The van der Waals surface area contributed by atoms with Crippen LogP contribution in [0.15, 0.2) is 34.8 Å². The molecule has 1 aromatic carbocycles. The lowest BCUT2D eigenvalue weighted by Crippen LogP contribution is -2.13. The average Bonchev–Trinajstić information content (AvgIpc) is 2.67. The van der Waals surface area contributed by atoms with E-state index in [1.807, 2.05) is 12.1 Å². The highest BCUT2D eigenvalue weighted by atomic mass is 79.9. The predicted molar refractivity (Wildman–Crippen MR) is 83.9 cm³/mol. The van der Waals surface area contributed by atoms with E-state index in [4.69, 9.17) is 0 Å². The molecule has 1 heterocycles. The van der Waals surface area contributed by atoms with Crippen molar-refractivity contribution in [2.75, 3.05) is 0 Å². The molecule has 0 radical (unpaired) electrons. The van der Waals surface area contributed by atoms with E-state index >= 15 is 0 Å². The third-order valence-corrected chi connectivity index (χ3v) is 6.17. The monoisotopic (exact) mass is 336 g/mol. The van der Waals surface area contributed by atoms with Gasteiger partial charge in [0.05, 0.1) is 0 Å². The average molecular weight is 337 g/mol. The molecule has 1 aliphatic rings. The van der Waals surface area contributed by atoms with Crippen LogP contribution in [0.3, 0.4) is 0 Å². The molecule has 100 valence electrons. The van der Waals surface area contributed by atoms with Crippen LogP contribution < -0.4 is 0 Å². The quantitative estimate of drug-likeness (QED) is 0.819.